The maximum absolute atomic E-state index is 11.4. The first-order chi connectivity index (χ1) is 7.79. The van der Waals surface area contributed by atoms with Crippen LogP contribution >= 0.6 is 0 Å². The molecule has 2 rings (SSSR count). The first-order valence-corrected chi connectivity index (χ1v) is 6.18. The molecule has 0 radical (unpaired) electrons. The lowest BCUT2D eigenvalue weighted by Crippen LogP contribution is -2.58. The van der Waals surface area contributed by atoms with E-state index in [9.17, 15) is 4.79 Å². The Balaban J connectivity index is 1.62. The third-order valence-corrected chi connectivity index (χ3v) is 3.13. The first kappa shape index (κ1) is 11.7. The summed E-state index contributed by atoms with van der Waals surface area (Å²) in [6, 6.07) is 0.0349. The van der Waals surface area contributed by atoms with Crippen LogP contribution < -0.4 is 10.6 Å². The predicted molar refractivity (Wildman–Crippen MR) is 61.4 cm³/mol. The lowest BCUT2D eigenvalue weighted by atomic mass is 10.1. The quantitative estimate of drug-likeness (QED) is 0.722. The predicted octanol–water partition coefficient (Wildman–Crippen LogP) is 0.169. The molecule has 0 spiro atoms. The highest BCUT2D eigenvalue weighted by molar-refractivity contribution is 5.75. The molecule has 0 bridgehead atoms. The van der Waals surface area contributed by atoms with Crippen molar-refractivity contribution in [1.82, 2.24) is 15.5 Å². The summed E-state index contributed by atoms with van der Waals surface area (Å²) in [7, 11) is 0. The molecule has 0 atom stereocenters. The highest BCUT2D eigenvalue weighted by Gasteiger charge is 2.33. The summed E-state index contributed by atoms with van der Waals surface area (Å²) in [4.78, 5) is 13.2. The van der Waals surface area contributed by atoms with Crippen molar-refractivity contribution in [2.75, 3.05) is 32.7 Å². The SMILES string of the molecule is CCNC(=O)N1CC(OC2CCNCC2)C1. The fourth-order valence-electron chi connectivity index (χ4n) is 2.16. The van der Waals surface area contributed by atoms with Gasteiger partial charge in [-0.3, -0.25) is 0 Å². The summed E-state index contributed by atoms with van der Waals surface area (Å²) in [5.74, 6) is 0. The van der Waals surface area contributed by atoms with Crippen LogP contribution in [0.25, 0.3) is 0 Å². The average Bonchev–Trinajstić information content (AvgIpc) is 2.24. The number of likely N-dealkylation sites (tertiary alicyclic amines) is 1. The third-order valence-electron chi connectivity index (χ3n) is 3.13. The number of rotatable bonds is 3. The van der Waals surface area contributed by atoms with Crippen LogP contribution in [0, 0.1) is 0 Å². The van der Waals surface area contributed by atoms with E-state index in [0.717, 1.165) is 39.0 Å². The Hall–Kier alpha value is -0.810. The second kappa shape index (κ2) is 5.50. The number of piperidine rings is 1. The smallest absolute Gasteiger partial charge is 0.317 e. The van der Waals surface area contributed by atoms with Gasteiger partial charge in [0.25, 0.3) is 0 Å². The topological polar surface area (TPSA) is 53.6 Å². The zero-order chi connectivity index (χ0) is 11.4. The van der Waals surface area contributed by atoms with Gasteiger partial charge in [0.2, 0.25) is 0 Å². The van der Waals surface area contributed by atoms with E-state index in [4.69, 9.17) is 4.74 Å². The summed E-state index contributed by atoms with van der Waals surface area (Å²) in [6.07, 6.45) is 2.84. The molecule has 92 valence electrons. The summed E-state index contributed by atoms with van der Waals surface area (Å²) in [5, 5.41) is 6.11. The molecule has 0 aromatic carbocycles. The lowest BCUT2D eigenvalue weighted by Gasteiger charge is -2.41. The molecule has 0 unspecified atom stereocenters. The van der Waals surface area contributed by atoms with Crippen LogP contribution in [0.3, 0.4) is 0 Å². The van der Waals surface area contributed by atoms with E-state index in [-0.39, 0.29) is 12.1 Å². The van der Waals surface area contributed by atoms with Crippen LogP contribution in [-0.4, -0.2) is 55.9 Å². The Morgan fingerprint density at radius 1 is 1.38 bits per heavy atom. The Morgan fingerprint density at radius 2 is 2.06 bits per heavy atom. The van der Waals surface area contributed by atoms with Crippen LogP contribution in [0.2, 0.25) is 0 Å². The van der Waals surface area contributed by atoms with Crippen molar-refractivity contribution >= 4 is 6.03 Å². The molecular weight excluding hydrogens is 206 g/mol. The maximum Gasteiger partial charge on any atom is 0.317 e. The Morgan fingerprint density at radius 3 is 2.69 bits per heavy atom. The number of nitrogens with zero attached hydrogens (tertiary/aromatic N) is 1. The normalized spacial score (nSPS) is 22.9. The number of carbonyl (C=O) groups is 1. The van der Waals surface area contributed by atoms with Gasteiger partial charge in [0.05, 0.1) is 25.3 Å². The molecule has 16 heavy (non-hydrogen) atoms. The number of hydrogen-bond donors (Lipinski definition) is 2. The van der Waals surface area contributed by atoms with Gasteiger partial charge in [0.15, 0.2) is 0 Å². The van der Waals surface area contributed by atoms with E-state index in [1.165, 1.54) is 0 Å². The van der Waals surface area contributed by atoms with Crippen molar-refractivity contribution in [3.8, 4) is 0 Å². The van der Waals surface area contributed by atoms with Crippen molar-refractivity contribution in [3.63, 3.8) is 0 Å². The Bertz CT molecular complexity index is 235. The molecule has 2 aliphatic heterocycles. The van der Waals surface area contributed by atoms with Gasteiger partial charge in [-0.05, 0) is 32.9 Å². The molecule has 2 saturated heterocycles. The monoisotopic (exact) mass is 227 g/mol. The van der Waals surface area contributed by atoms with Crippen LogP contribution in [0.1, 0.15) is 19.8 Å². The summed E-state index contributed by atoms with van der Waals surface area (Å²) >= 11 is 0. The summed E-state index contributed by atoms with van der Waals surface area (Å²) in [5.41, 5.74) is 0. The average molecular weight is 227 g/mol. The van der Waals surface area contributed by atoms with E-state index in [1.54, 1.807) is 4.90 Å². The fraction of sp³-hybridized carbons (Fsp3) is 0.909. The minimum atomic E-state index is 0.0349. The van der Waals surface area contributed by atoms with Crippen LogP contribution in [0.5, 0.6) is 0 Å². The second-order valence-corrected chi connectivity index (χ2v) is 4.45. The molecule has 2 amide bonds. The van der Waals surface area contributed by atoms with E-state index >= 15 is 0 Å². The number of carbonyl (C=O) groups excluding carboxylic acids is 1. The molecule has 0 saturated carbocycles. The van der Waals surface area contributed by atoms with Gasteiger partial charge >= 0.3 is 6.03 Å². The third kappa shape index (κ3) is 2.86. The van der Waals surface area contributed by atoms with Gasteiger partial charge in [-0.15, -0.1) is 0 Å². The molecule has 5 nitrogen and oxygen atoms in total. The van der Waals surface area contributed by atoms with Gasteiger partial charge in [-0.25, -0.2) is 4.79 Å². The molecule has 2 aliphatic rings. The van der Waals surface area contributed by atoms with Gasteiger partial charge in [-0.1, -0.05) is 0 Å². The molecule has 2 N–H and O–H groups in total. The molecule has 5 heteroatoms. The zero-order valence-corrected chi connectivity index (χ0v) is 9.87. The molecular formula is C11H21N3O2. The largest absolute Gasteiger partial charge is 0.371 e. The van der Waals surface area contributed by atoms with Gasteiger partial charge in [0.1, 0.15) is 0 Å². The fourth-order valence-corrected chi connectivity index (χ4v) is 2.16. The molecule has 2 heterocycles. The van der Waals surface area contributed by atoms with Crippen LogP contribution in [0.4, 0.5) is 4.79 Å². The Labute approximate surface area is 96.5 Å². The summed E-state index contributed by atoms with van der Waals surface area (Å²) < 4.78 is 5.92. The standard InChI is InChI=1S/C11H21N3O2/c1-2-13-11(15)14-7-10(8-14)16-9-3-5-12-6-4-9/h9-10,12H,2-8H2,1H3,(H,13,15). The molecule has 0 aliphatic carbocycles. The van der Waals surface area contributed by atoms with E-state index < -0.39 is 0 Å². The molecule has 0 aromatic rings. The lowest BCUT2D eigenvalue weighted by molar-refractivity contribution is -0.0851. The van der Waals surface area contributed by atoms with Crippen molar-refractivity contribution in [2.24, 2.45) is 0 Å². The first-order valence-electron chi connectivity index (χ1n) is 6.18. The van der Waals surface area contributed by atoms with Crippen molar-refractivity contribution in [3.05, 3.63) is 0 Å². The zero-order valence-electron chi connectivity index (χ0n) is 9.87. The minimum Gasteiger partial charge on any atom is -0.371 e. The Kier molecular flexibility index (Phi) is 4.01. The number of amides is 2. The van der Waals surface area contributed by atoms with Gasteiger partial charge < -0.3 is 20.3 Å². The number of nitrogens with one attached hydrogen (secondary N) is 2. The number of ether oxygens (including phenoxy) is 1. The van der Waals surface area contributed by atoms with E-state index in [0.29, 0.717) is 12.6 Å². The maximum atomic E-state index is 11.4. The van der Waals surface area contributed by atoms with Crippen molar-refractivity contribution in [2.45, 2.75) is 32.0 Å². The molecule has 0 aromatic heterocycles. The van der Waals surface area contributed by atoms with Crippen molar-refractivity contribution in [1.29, 1.82) is 0 Å². The summed E-state index contributed by atoms with van der Waals surface area (Å²) in [6.45, 7) is 6.22. The van der Waals surface area contributed by atoms with Crippen molar-refractivity contribution < 1.29 is 9.53 Å². The van der Waals surface area contributed by atoms with Crippen LogP contribution in [-0.2, 0) is 4.74 Å². The minimum absolute atomic E-state index is 0.0349. The van der Waals surface area contributed by atoms with E-state index in [1.807, 2.05) is 6.92 Å². The number of urea groups is 1. The van der Waals surface area contributed by atoms with E-state index in [2.05, 4.69) is 10.6 Å². The van der Waals surface area contributed by atoms with Crippen LogP contribution in [0.15, 0.2) is 0 Å². The molecule has 2 fully saturated rings. The highest BCUT2D eigenvalue weighted by atomic mass is 16.5. The number of hydrogen-bond acceptors (Lipinski definition) is 3. The van der Waals surface area contributed by atoms with Gasteiger partial charge in [-0.2, -0.15) is 0 Å². The second-order valence-electron chi connectivity index (χ2n) is 4.45. The highest BCUT2D eigenvalue weighted by Crippen LogP contribution is 2.17. The van der Waals surface area contributed by atoms with Gasteiger partial charge in [0, 0.05) is 6.54 Å².